The highest BCUT2D eigenvalue weighted by Crippen LogP contribution is 2.43. The summed E-state index contributed by atoms with van der Waals surface area (Å²) in [6.07, 6.45) is 5.85. The second-order valence-electron chi connectivity index (χ2n) is 5.96. The van der Waals surface area contributed by atoms with Gasteiger partial charge >= 0.3 is 5.97 Å². The molecule has 0 spiro atoms. The summed E-state index contributed by atoms with van der Waals surface area (Å²) in [4.78, 5) is 34.3. The lowest BCUT2D eigenvalue weighted by atomic mass is 9.94. The summed E-state index contributed by atoms with van der Waals surface area (Å²) >= 11 is 5.71. The maximum absolute atomic E-state index is 12.1. The van der Waals surface area contributed by atoms with E-state index in [1.54, 1.807) is 0 Å². The van der Waals surface area contributed by atoms with Gasteiger partial charge in [-0.15, -0.1) is 0 Å². The van der Waals surface area contributed by atoms with Crippen molar-refractivity contribution in [3.63, 3.8) is 0 Å². The van der Waals surface area contributed by atoms with Crippen LogP contribution in [-0.4, -0.2) is 23.4 Å². The van der Waals surface area contributed by atoms with Gasteiger partial charge < -0.3 is 10.1 Å². The minimum atomic E-state index is -0.644. The van der Waals surface area contributed by atoms with Crippen LogP contribution in [0, 0.1) is 27.9 Å². The summed E-state index contributed by atoms with van der Waals surface area (Å²) < 4.78 is 5.06. The zero-order valence-corrected chi connectivity index (χ0v) is 13.4. The Bertz CT molecular complexity index is 733. The molecule has 2 aliphatic rings. The number of rotatable bonds is 5. The van der Waals surface area contributed by atoms with Crippen LogP contribution >= 0.6 is 11.6 Å². The molecule has 3 atom stereocenters. The second-order valence-corrected chi connectivity index (χ2v) is 6.40. The highest BCUT2D eigenvalue weighted by Gasteiger charge is 2.40. The Kier molecular flexibility index (Phi) is 4.53. The second kappa shape index (κ2) is 6.60. The molecule has 24 heavy (non-hydrogen) atoms. The average Bonchev–Trinajstić information content (AvgIpc) is 3.17. The van der Waals surface area contributed by atoms with E-state index in [-0.39, 0.29) is 28.2 Å². The third-order valence-corrected chi connectivity index (χ3v) is 4.59. The van der Waals surface area contributed by atoms with Gasteiger partial charge in [0.25, 0.3) is 11.6 Å². The number of esters is 1. The van der Waals surface area contributed by atoms with Crippen molar-refractivity contribution in [2.24, 2.45) is 17.8 Å². The van der Waals surface area contributed by atoms with Crippen LogP contribution in [0.3, 0.4) is 0 Å². The van der Waals surface area contributed by atoms with Crippen molar-refractivity contribution in [2.45, 2.75) is 12.8 Å². The third-order valence-electron chi connectivity index (χ3n) is 4.36. The van der Waals surface area contributed by atoms with E-state index >= 15 is 0 Å². The van der Waals surface area contributed by atoms with Gasteiger partial charge in [0, 0.05) is 11.1 Å². The molecule has 0 saturated heterocycles. The van der Waals surface area contributed by atoms with E-state index in [4.69, 9.17) is 16.3 Å². The Morgan fingerprint density at radius 2 is 2.12 bits per heavy atom. The summed E-state index contributed by atoms with van der Waals surface area (Å²) in [5.41, 5.74) is -0.311. The number of carbonyl (C=O) groups excluding carboxylic acids is 2. The number of nitro benzene ring substituents is 1. The van der Waals surface area contributed by atoms with E-state index in [9.17, 15) is 19.7 Å². The Morgan fingerprint density at radius 1 is 1.33 bits per heavy atom. The van der Waals surface area contributed by atoms with E-state index in [0.29, 0.717) is 5.92 Å². The van der Waals surface area contributed by atoms with E-state index in [1.165, 1.54) is 12.1 Å². The van der Waals surface area contributed by atoms with Gasteiger partial charge in [0.05, 0.1) is 10.8 Å². The number of hydrogen-bond donors (Lipinski definition) is 1. The van der Waals surface area contributed by atoms with Crippen molar-refractivity contribution >= 4 is 34.9 Å². The molecule has 1 N–H and O–H groups in total. The van der Waals surface area contributed by atoms with Gasteiger partial charge in [-0.2, -0.15) is 0 Å². The predicted octanol–water partition coefficient (Wildman–Crippen LogP) is 2.94. The van der Waals surface area contributed by atoms with Crippen LogP contribution < -0.4 is 5.32 Å². The first-order valence-corrected chi connectivity index (χ1v) is 7.90. The number of amides is 1. The van der Waals surface area contributed by atoms with Crippen LogP contribution in [0.1, 0.15) is 12.8 Å². The van der Waals surface area contributed by atoms with Crippen LogP contribution in [0.25, 0.3) is 0 Å². The molecular formula is C16H15ClN2O5. The van der Waals surface area contributed by atoms with E-state index < -0.39 is 23.4 Å². The summed E-state index contributed by atoms with van der Waals surface area (Å²) in [6.45, 7) is -0.476. The minimum absolute atomic E-state index is 0.00769. The van der Waals surface area contributed by atoms with E-state index in [1.807, 2.05) is 6.08 Å². The third kappa shape index (κ3) is 3.41. The Balaban J connectivity index is 1.56. The smallest absolute Gasteiger partial charge is 0.310 e. The zero-order chi connectivity index (χ0) is 17.3. The number of nitrogens with zero attached hydrogens (tertiary/aromatic N) is 1. The molecule has 1 aromatic rings. The molecule has 0 radical (unpaired) electrons. The Morgan fingerprint density at radius 3 is 2.75 bits per heavy atom. The molecule has 0 aliphatic heterocycles. The van der Waals surface area contributed by atoms with Gasteiger partial charge in [-0.1, -0.05) is 23.8 Å². The summed E-state index contributed by atoms with van der Waals surface area (Å²) in [5, 5.41) is 13.5. The van der Waals surface area contributed by atoms with E-state index in [2.05, 4.69) is 11.4 Å². The summed E-state index contributed by atoms with van der Waals surface area (Å²) in [5.74, 6) is -0.598. The van der Waals surface area contributed by atoms with Crippen molar-refractivity contribution in [3.05, 3.63) is 45.5 Å². The van der Waals surface area contributed by atoms with Crippen LogP contribution in [0.2, 0.25) is 5.02 Å². The number of benzene rings is 1. The lowest BCUT2D eigenvalue weighted by Gasteiger charge is -2.16. The number of halogens is 1. The molecule has 1 amide bonds. The topological polar surface area (TPSA) is 98.5 Å². The number of anilines is 1. The molecule has 1 aromatic carbocycles. The Hall–Kier alpha value is -2.41. The molecule has 2 bridgehead atoms. The highest BCUT2D eigenvalue weighted by molar-refractivity contribution is 6.31. The molecule has 0 unspecified atom stereocenters. The lowest BCUT2D eigenvalue weighted by molar-refractivity contribution is -0.383. The minimum Gasteiger partial charge on any atom is -0.455 e. The van der Waals surface area contributed by atoms with Gasteiger partial charge in [0.15, 0.2) is 6.61 Å². The lowest BCUT2D eigenvalue weighted by Crippen LogP contribution is -2.26. The maximum atomic E-state index is 12.1. The van der Waals surface area contributed by atoms with Crippen LogP contribution in [0.15, 0.2) is 30.4 Å². The molecule has 0 aromatic heterocycles. The van der Waals surface area contributed by atoms with Gasteiger partial charge in [-0.25, -0.2) is 0 Å². The number of fused-ring (bicyclic) bond motifs is 2. The number of nitrogens with one attached hydrogen (secondary N) is 1. The first-order valence-electron chi connectivity index (χ1n) is 7.53. The molecule has 2 aliphatic carbocycles. The first-order chi connectivity index (χ1) is 11.4. The zero-order valence-electron chi connectivity index (χ0n) is 12.6. The fraction of sp³-hybridized carbons (Fsp3) is 0.375. The fourth-order valence-electron chi connectivity index (χ4n) is 3.24. The number of ether oxygens (including phenoxy) is 1. The van der Waals surface area contributed by atoms with Crippen molar-refractivity contribution in [1.29, 1.82) is 0 Å². The van der Waals surface area contributed by atoms with Crippen molar-refractivity contribution in [3.8, 4) is 0 Å². The van der Waals surface area contributed by atoms with Gasteiger partial charge in [-0.3, -0.25) is 19.7 Å². The molecule has 3 rings (SSSR count). The number of hydrogen-bond acceptors (Lipinski definition) is 5. The molecule has 126 valence electrons. The number of allylic oxidation sites excluding steroid dienone is 2. The standard InChI is InChI=1S/C16H15ClN2O5/c17-11-3-4-13(14(7-11)19(22)23)18-15(20)8-24-16(21)12-6-9-1-2-10(12)5-9/h1-4,7,9-10,12H,5-6,8H2,(H,18,20)/t9-,10+,12+/m1/s1. The van der Waals surface area contributed by atoms with Crippen molar-refractivity contribution < 1.29 is 19.2 Å². The summed E-state index contributed by atoms with van der Waals surface area (Å²) in [6, 6.07) is 3.91. The normalized spacial score (nSPS) is 24.0. The van der Waals surface area contributed by atoms with Gasteiger partial charge in [-0.05, 0) is 36.8 Å². The molecular weight excluding hydrogens is 336 g/mol. The quantitative estimate of drug-likeness (QED) is 0.381. The van der Waals surface area contributed by atoms with Crippen molar-refractivity contribution in [1.82, 2.24) is 0 Å². The number of nitro groups is 1. The van der Waals surface area contributed by atoms with Crippen molar-refractivity contribution in [2.75, 3.05) is 11.9 Å². The molecule has 8 heteroatoms. The summed E-state index contributed by atoms with van der Waals surface area (Å²) in [7, 11) is 0. The van der Waals surface area contributed by atoms with Crippen LogP contribution in [0.5, 0.6) is 0 Å². The monoisotopic (exact) mass is 350 g/mol. The largest absolute Gasteiger partial charge is 0.455 e. The average molecular weight is 351 g/mol. The molecule has 7 nitrogen and oxygen atoms in total. The molecule has 0 heterocycles. The van der Waals surface area contributed by atoms with Gasteiger partial charge in [0.1, 0.15) is 5.69 Å². The van der Waals surface area contributed by atoms with Gasteiger partial charge in [0.2, 0.25) is 0 Å². The van der Waals surface area contributed by atoms with Crippen LogP contribution in [0.4, 0.5) is 11.4 Å². The molecule has 1 saturated carbocycles. The number of carbonyl (C=O) groups is 2. The predicted molar refractivity (Wildman–Crippen MR) is 86.5 cm³/mol. The maximum Gasteiger partial charge on any atom is 0.310 e. The van der Waals surface area contributed by atoms with E-state index in [0.717, 1.165) is 18.9 Å². The Labute approximate surface area is 142 Å². The SMILES string of the molecule is O=C(COC(=O)[C@H]1C[C@@H]2C=C[C@H]1C2)Nc1ccc(Cl)cc1[N+](=O)[O-]. The molecule has 1 fully saturated rings. The van der Waals surface area contributed by atoms with Crippen LogP contribution in [-0.2, 0) is 14.3 Å². The first kappa shape index (κ1) is 16.4. The fourth-order valence-corrected chi connectivity index (χ4v) is 3.41. The highest BCUT2D eigenvalue weighted by atomic mass is 35.5.